The second-order valence-electron chi connectivity index (χ2n) is 6.24. The first-order valence-electron chi connectivity index (χ1n) is 8.19. The highest BCUT2D eigenvalue weighted by Crippen LogP contribution is 2.20. The van der Waals surface area contributed by atoms with Gasteiger partial charge in [-0.1, -0.05) is 13.0 Å². The molecule has 0 bridgehead atoms. The molecule has 1 fully saturated rings. The fraction of sp³-hybridized carbons (Fsp3) is 0.588. The second-order valence-corrected chi connectivity index (χ2v) is 6.24. The Bertz CT molecular complexity index is 571. The van der Waals surface area contributed by atoms with Crippen LogP contribution in [-0.4, -0.2) is 48.4 Å². The van der Waals surface area contributed by atoms with Crippen molar-refractivity contribution in [1.29, 1.82) is 0 Å². The second kappa shape index (κ2) is 11.3. The number of anilines is 1. The Kier molecular flexibility index (Phi) is 10.7. The SMILES string of the molecule is CNCC(C)C(=O)N1CCCC(C(=O)Nc2cccc(C)n2)C1.Cl.Cl. The van der Waals surface area contributed by atoms with Crippen molar-refractivity contribution in [3.8, 4) is 0 Å². The summed E-state index contributed by atoms with van der Waals surface area (Å²) < 4.78 is 0. The molecule has 2 N–H and O–H groups in total. The number of carbonyl (C=O) groups is 2. The minimum absolute atomic E-state index is 0. The van der Waals surface area contributed by atoms with E-state index in [0.717, 1.165) is 25.1 Å². The summed E-state index contributed by atoms with van der Waals surface area (Å²) in [6, 6.07) is 5.54. The lowest BCUT2D eigenvalue weighted by molar-refractivity contribution is -0.137. The van der Waals surface area contributed by atoms with Crippen molar-refractivity contribution in [2.45, 2.75) is 26.7 Å². The summed E-state index contributed by atoms with van der Waals surface area (Å²) in [5.41, 5.74) is 0.865. The van der Waals surface area contributed by atoms with E-state index in [1.165, 1.54) is 0 Å². The average Bonchev–Trinajstić information content (AvgIpc) is 2.54. The van der Waals surface area contributed by atoms with Crippen molar-refractivity contribution < 1.29 is 9.59 Å². The van der Waals surface area contributed by atoms with Gasteiger partial charge >= 0.3 is 0 Å². The fourth-order valence-corrected chi connectivity index (χ4v) is 2.94. The Morgan fingerprint density at radius 1 is 1.36 bits per heavy atom. The van der Waals surface area contributed by atoms with Gasteiger partial charge in [0.1, 0.15) is 5.82 Å². The van der Waals surface area contributed by atoms with Crippen LogP contribution in [0.1, 0.15) is 25.5 Å². The number of nitrogens with zero attached hydrogens (tertiary/aromatic N) is 2. The molecule has 0 spiro atoms. The van der Waals surface area contributed by atoms with Gasteiger partial charge < -0.3 is 15.5 Å². The van der Waals surface area contributed by atoms with Gasteiger partial charge in [0.05, 0.1) is 5.92 Å². The number of aryl methyl sites for hydroxylation is 1. The molecule has 0 aromatic carbocycles. The van der Waals surface area contributed by atoms with Crippen LogP contribution in [0.3, 0.4) is 0 Å². The summed E-state index contributed by atoms with van der Waals surface area (Å²) in [4.78, 5) is 31.0. The molecular weight excluding hydrogens is 363 g/mol. The summed E-state index contributed by atoms with van der Waals surface area (Å²) >= 11 is 0. The minimum Gasteiger partial charge on any atom is -0.342 e. The third-order valence-corrected chi connectivity index (χ3v) is 4.18. The third-order valence-electron chi connectivity index (χ3n) is 4.18. The molecule has 1 aliphatic heterocycles. The molecule has 1 saturated heterocycles. The fourth-order valence-electron chi connectivity index (χ4n) is 2.94. The number of likely N-dealkylation sites (tertiary alicyclic amines) is 1. The number of pyridine rings is 1. The van der Waals surface area contributed by atoms with Gasteiger partial charge in [-0.2, -0.15) is 0 Å². The van der Waals surface area contributed by atoms with Crippen molar-refractivity contribution in [2.75, 3.05) is 32.0 Å². The Hall–Kier alpha value is -1.37. The number of hydrogen-bond donors (Lipinski definition) is 2. The third kappa shape index (κ3) is 6.80. The molecule has 0 saturated carbocycles. The lowest BCUT2D eigenvalue weighted by Gasteiger charge is -2.33. The maximum absolute atomic E-state index is 12.4. The highest BCUT2D eigenvalue weighted by atomic mass is 35.5. The van der Waals surface area contributed by atoms with E-state index < -0.39 is 0 Å². The normalized spacial score (nSPS) is 17.7. The van der Waals surface area contributed by atoms with Crippen LogP contribution in [0.25, 0.3) is 0 Å². The lowest BCUT2D eigenvalue weighted by atomic mass is 9.96. The largest absolute Gasteiger partial charge is 0.342 e. The van der Waals surface area contributed by atoms with Gasteiger partial charge in [0.2, 0.25) is 11.8 Å². The van der Waals surface area contributed by atoms with Crippen molar-refractivity contribution >= 4 is 42.4 Å². The Morgan fingerprint density at radius 3 is 2.72 bits per heavy atom. The molecule has 8 heteroatoms. The number of carbonyl (C=O) groups excluding carboxylic acids is 2. The maximum atomic E-state index is 12.4. The van der Waals surface area contributed by atoms with Crippen LogP contribution in [0.15, 0.2) is 18.2 Å². The van der Waals surface area contributed by atoms with E-state index in [4.69, 9.17) is 0 Å². The first-order valence-corrected chi connectivity index (χ1v) is 8.19. The molecule has 1 aliphatic rings. The predicted octanol–water partition coefficient (Wildman–Crippen LogP) is 2.27. The molecular formula is C17H28Cl2N4O2. The Balaban J connectivity index is 0.00000288. The number of aromatic nitrogens is 1. The van der Waals surface area contributed by atoms with Crippen LogP contribution in [-0.2, 0) is 9.59 Å². The molecule has 2 rings (SSSR count). The predicted molar refractivity (Wildman–Crippen MR) is 104 cm³/mol. The summed E-state index contributed by atoms with van der Waals surface area (Å²) in [7, 11) is 1.84. The summed E-state index contributed by atoms with van der Waals surface area (Å²) in [6.07, 6.45) is 1.67. The van der Waals surface area contributed by atoms with Crippen LogP contribution in [0.5, 0.6) is 0 Å². The van der Waals surface area contributed by atoms with E-state index in [0.29, 0.717) is 18.9 Å². The first kappa shape index (κ1) is 23.6. The lowest BCUT2D eigenvalue weighted by Crippen LogP contribution is -2.46. The molecule has 0 radical (unpaired) electrons. The van der Waals surface area contributed by atoms with Gasteiger partial charge in [-0.15, -0.1) is 24.8 Å². The van der Waals surface area contributed by atoms with Gasteiger partial charge in [-0.25, -0.2) is 4.98 Å². The van der Waals surface area contributed by atoms with Crippen LogP contribution >= 0.6 is 24.8 Å². The molecule has 2 atom stereocenters. The number of hydrogen-bond acceptors (Lipinski definition) is 4. The van der Waals surface area contributed by atoms with Crippen LogP contribution < -0.4 is 10.6 Å². The molecule has 1 aromatic heterocycles. The standard InChI is InChI=1S/C17H26N4O2.2ClH/c1-12(10-18-3)17(23)21-9-5-7-14(11-21)16(22)20-15-8-4-6-13(2)19-15;;/h4,6,8,12,14,18H,5,7,9-11H2,1-3H3,(H,19,20,22);2*1H. The first-order chi connectivity index (χ1) is 11.0. The van der Waals surface area contributed by atoms with Gasteiger partial charge in [-0.3, -0.25) is 9.59 Å². The summed E-state index contributed by atoms with van der Waals surface area (Å²) in [5.74, 6) is 0.395. The summed E-state index contributed by atoms with van der Waals surface area (Å²) in [6.45, 7) is 5.68. The minimum atomic E-state index is -0.170. The van der Waals surface area contributed by atoms with Crippen molar-refractivity contribution in [1.82, 2.24) is 15.2 Å². The van der Waals surface area contributed by atoms with Crippen LogP contribution in [0.4, 0.5) is 5.82 Å². The number of amides is 2. The number of nitrogens with one attached hydrogen (secondary N) is 2. The number of halogens is 2. The van der Waals surface area contributed by atoms with E-state index in [-0.39, 0.29) is 48.5 Å². The highest BCUT2D eigenvalue weighted by molar-refractivity contribution is 5.92. The molecule has 2 heterocycles. The zero-order valence-electron chi connectivity index (χ0n) is 14.9. The van der Waals surface area contributed by atoms with Crippen molar-refractivity contribution in [2.24, 2.45) is 11.8 Å². The topological polar surface area (TPSA) is 74.3 Å². The molecule has 2 unspecified atom stereocenters. The van der Waals surface area contributed by atoms with Gasteiger partial charge in [0.15, 0.2) is 0 Å². The van der Waals surface area contributed by atoms with E-state index in [1.807, 2.05) is 37.9 Å². The highest BCUT2D eigenvalue weighted by Gasteiger charge is 2.30. The van der Waals surface area contributed by atoms with E-state index in [9.17, 15) is 9.59 Å². The molecule has 0 aliphatic carbocycles. The van der Waals surface area contributed by atoms with Crippen molar-refractivity contribution in [3.63, 3.8) is 0 Å². The van der Waals surface area contributed by atoms with E-state index >= 15 is 0 Å². The molecule has 142 valence electrons. The maximum Gasteiger partial charge on any atom is 0.230 e. The number of piperidine rings is 1. The zero-order chi connectivity index (χ0) is 16.8. The Morgan fingerprint density at radius 2 is 2.08 bits per heavy atom. The van der Waals surface area contributed by atoms with E-state index in [1.54, 1.807) is 6.07 Å². The van der Waals surface area contributed by atoms with Crippen molar-refractivity contribution in [3.05, 3.63) is 23.9 Å². The summed E-state index contributed by atoms with van der Waals surface area (Å²) in [5, 5.41) is 5.89. The van der Waals surface area contributed by atoms with Gasteiger partial charge in [0, 0.05) is 31.2 Å². The monoisotopic (exact) mass is 390 g/mol. The zero-order valence-corrected chi connectivity index (χ0v) is 16.6. The van der Waals surface area contributed by atoms with E-state index in [2.05, 4.69) is 15.6 Å². The number of rotatable bonds is 5. The molecule has 6 nitrogen and oxygen atoms in total. The molecule has 1 aromatic rings. The van der Waals surface area contributed by atoms with Crippen LogP contribution in [0.2, 0.25) is 0 Å². The molecule has 25 heavy (non-hydrogen) atoms. The van der Waals surface area contributed by atoms with Gasteiger partial charge in [-0.05, 0) is 38.9 Å². The Labute approximate surface area is 162 Å². The molecule has 2 amide bonds. The smallest absolute Gasteiger partial charge is 0.230 e. The quantitative estimate of drug-likeness (QED) is 0.808. The van der Waals surface area contributed by atoms with Gasteiger partial charge in [0.25, 0.3) is 0 Å². The van der Waals surface area contributed by atoms with Crippen LogP contribution in [0, 0.1) is 18.8 Å². The average molecular weight is 391 g/mol.